The van der Waals surface area contributed by atoms with Gasteiger partial charge in [0.2, 0.25) is 0 Å². The SMILES string of the molecule is C/C(=C/CCCc1ccccc1)c1ccc2ccc(-c3ccc(-c4ccc(-c5cc(-c6ccccc6)cc(-c6ccccc6)n5)cc4)cc3)nc2c1N. The Morgan fingerprint density at radius 2 is 0.981 bits per heavy atom. The zero-order chi connectivity index (χ0) is 36.0. The smallest absolute Gasteiger partial charge is 0.0944 e. The maximum Gasteiger partial charge on any atom is 0.0944 e. The maximum absolute atomic E-state index is 6.78. The minimum absolute atomic E-state index is 0.734. The number of hydrogen-bond donors (Lipinski definition) is 1. The van der Waals surface area contributed by atoms with Crippen LogP contribution in [0.25, 0.3) is 72.5 Å². The number of aryl methyl sites for hydroxylation is 1. The van der Waals surface area contributed by atoms with Crippen molar-refractivity contribution in [2.75, 3.05) is 5.73 Å². The quantitative estimate of drug-likeness (QED) is 0.115. The highest BCUT2D eigenvalue weighted by Gasteiger charge is 2.12. The van der Waals surface area contributed by atoms with Gasteiger partial charge in [-0.25, -0.2) is 9.97 Å². The summed E-state index contributed by atoms with van der Waals surface area (Å²) in [6, 6.07) is 61.7. The number of hydrogen-bond acceptors (Lipinski definition) is 3. The van der Waals surface area contributed by atoms with Crippen LogP contribution >= 0.6 is 0 Å². The summed E-state index contributed by atoms with van der Waals surface area (Å²) >= 11 is 0. The fourth-order valence-corrected chi connectivity index (χ4v) is 6.99. The topological polar surface area (TPSA) is 51.8 Å². The first-order chi connectivity index (χ1) is 26.1. The zero-order valence-electron chi connectivity index (χ0n) is 29.9. The number of aromatic nitrogens is 2. The molecule has 3 nitrogen and oxygen atoms in total. The van der Waals surface area contributed by atoms with Gasteiger partial charge in [0.15, 0.2) is 0 Å². The molecule has 0 atom stereocenters. The molecule has 0 radical (unpaired) electrons. The van der Waals surface area contributed by atoms with Crippen LogP contribution in [0.2, 0.25) is 0 Å². The largest absolute Gasteiger partial charge is 0.396 e. The van der Waals surface area contributed by atoms with E-state index in [1.165, 1.54) is 16.7 Å². The minimum atomic E-state index is 0.734. The van der Waals surface area contributed by atoms with Crippen LogP contribution in [0, 0.1) is 0 Å². The number of nitrogen functional groups attached to an aromatic ring is 1. The second kappa shape index (κ2) is 15.3. The Morgan fingerprint density at radius 1 is 0.491 bits per heavy atom. The van der Waals surface area contributed by atoms with Gasteiger partial charge in [0.25, 0.3) is 0 Å². The highest BCUT2D eigenvalue weighted by Crippen LogP contribution is 2.34. The van der Waals surface area contributed by atoms with E-state index >= 15 is 0 Å². The lowest BCUT2D eigenvalue weighted by Gasteiger charge is -2.12. The van der Waals surface area contributed by atoms with Crippen LogP contribution in [0.15, 0.2) is 182 Å². The van der Waals surface area contributed by atoms with Gasteiger partial charge in [-0.3, -0.25) is 0 Å². The number of rotatable bonds is 10. The first kappa shape index (κ1) is 33.6. The third-order valence-corrected chi connectivity index (χ3v) is 9.99. The molecule has 6 aromatic carbocycles. The van der Waals surface area contributed by atoms with E-state index in [0.717, 1.165) is 91.9 Å². The summed E-state index contributed by atoms with van der Waals surface area (Å²) in [6.07, 6.45) is 5.49. The van der Waals surface area contributed by atoms with Gasteiger partial charge >= 0.3 is 0 Å². The van der Waals surface area contributed by atoms with Crippen LogP contribution in [0.1, 0.15) is 30.9 Å². The van der Waals surface area contributed by atoms with Crippen LogP contribution in [0.5, 0.6) is 0 Å². The van der Waals surface area contributed by atoms with Gasteiger partial charge in [-0.15, -0.1) is 0 Å². The molecule has 0 bridgehead atoms. The van der Waals surface area contributed by atoms with Crippen molar-refractivity contribution in [2.24, 2.45) is 0 Å². The van der Waals surface area contributed by atoms with Gasteiger partial charge < -0.3 is 5.73 Å². The van der Waals surface area contributed by atoms with E-state index < -0.39 is 0 Å². The van der Waals surface area contributed by atoms with E-state index in [9.17, 15) is 0 Å². The monoisotopic (exact) mass is 683 g/mol. The Morgan fingerprint density at radius 3 is 1.60 bits per heavy atom. The maximum atomic E-state index is 6.78. The van der Waals surface area contributed by atoms with Crippen molar-refractivity contribution in [3.8, 4) is 56.0 Å². The van der Waals surface area contributed by atoms with E-state index in [0.29, 0.717) is 0 Å². The van der Waals surface area contributed by atoms with Crippen molar-refractivity contribution in [3.63, 3.8) is 0 Å². The van der Waals surface area contributed by atoms with Crippen LogP contribution < -0.4 is 5.73 Å². The lowest BCUT2D eigenvalue weighted by molar-refractivity contribution is 0.843. The van der Waals surface area contributed by atoms with Crippen molar-refractivity contribution >= 4 is 22.2 Å². The Bertz CT molecular complexity index is 2450. The average molecular weight is 684 g/mol. The minimum Gasteiger partial charge on any atom is -0.396 e. The Kier molecular flexibility index (Phi) is 9.72. The number of pyridine rings is 2. The summed E-state index contributed by atoms with van der Waals surface area (Å²) in [5.41, 5.74) is 22.7. The number of allylic oxidation sites excluding steroid dienone is 2. The number of nitrogens with zero attached hydrogens (tertiary/aromatic N) is 2. The molecule has 3 heteroatoms. The first-order valence-corrected chi connectivity index (χ1v) is 18.3. The molecule has 0 spiro atoms. The summed E-state index contributed by atoms with van der Waals surface area (Å²) < 4.78 is 0. The number of unbranched alkanes of at least 4 members (excludes halogenated alkanes) is 1. The van der Waals surface area contributed by atoms with Crippen LogP contribution in [-0.2, 0) is 6.42 Å². The van der Waals surface area contributed by atoms with Crippen molar-refractivity contribution < 1.29 is 0 Å². The lowest BCUT2D eigenvalue weighted by atomic mass is 9.97. The third-order valence-electron chi connectivity index (χ3n) is 9.99. The van der Waals surface area contributed by atoms with E-state index in [2.05, 4.69) is 177 Å². The molecule has 0 unspecified atom stereocenters. The van der Waals surface area contributed by atoms with Crippen molar-refractivity contribution in [1.82, 2.24) is 9.97 Å². The third kappa shape index (κ3) is 7.56. The summed E-state index contributed by atoms with van der Waals surface area (Å²) in [5.74, 6) is 0. The number of benzene rings is 6. The Labute approximate surface area is 312 Å². The molecule has 2 N–H and O–H groups in total. The molecule has 0 saturated heterocycles. The molecule has 256 valence electrons. The van der Waals surface area contributed by atoms with Gasteiger partial charge in [0.1, 0.15) is 0 Å². The summed E-state index contributed by atoms with van der Waals surface area (Å²) in [4.78, 5) is 10.2. The molecule has 2 heterocycles. The first-order valence-electron chi connectivity index (χ1n) is 18.3. The number of nitrogens with two attached hydrogens (primary N) is 1. The van der Waals surface area contributed by atoms with Crippen LogP contribution in [-0.4, -0.2) is 9.97 Å². The molecule has 2 aromatic heterocycles. The normalized spacial score (nSPS) is 11.5. The average Bonchev–Trinajstić information content (AvgIpc) is 3.23. The van der Waals surface area contributed by atoms with E-state index in [1.807, 2.05) is 12.1 Å². The fraction of sp³-hybridized carbons (Fsp3) is 0.0800. The summed E-state index contributed by atoms with van der Waals surface area (Å²) in [6.45, 7) is 2.15. The lowest BCUT2D eigenvalue weighted by Crippen LogP contribution is -1.97. The molecule has 0 saturated carbocycles. The molecule has 0 fully saturated rings. The van der Waals surface area contributed by atoms with E-state index in [-0.39, 0.29) is 0 Å². The van der Waals surface area contributed by atoms with E-state index in [4.69, 9.17) is 15.7 Å². The highest BCUT2D eigenvalue weighted by molar-refractivity contribution is 5.96. The summed E-state index contributed by atoms with van der Waals surface area (Å²) in [7, 11) is 0. The zero-order valence-corrected chi connectivity index (χ0v) is 29.9. The molecule has 0 aliphatic heterocycles. The van der Waals surface area contributed by atoms with E-state index in [1.54, 1.807) is 0 Å². The second-order valence-electron chi connectivity index (χ2n) is 13.6. The molecule has 0 amide bonds. The summed E-state index contributed by atoms with van der Waals surface area (Å²) in [5, 5.41) is 1.04. The van der Waals surface area contributed by atoms with Gasteiger partial charge in [-0.05, 0) is 77.8 Å². The molecular formula is C50H41N3. The van der Waals surface area contributed by atoms with Crippen molar-refractivity contribution in [3.05, 3.63) is 193 Å². The Balaban J connectivity index is 1.01. The van der Waals surface area contributed by atoms with Gasteiger partial charge in [-0.2, -0.15) is 0 Å². The predicted molar refractivity (Wildman–Crippen MR) is 224 cm³/mol. The predicted octanol–water partition coefficient (Wildman–Crippen LogP) is 13.0. The Hall–Kier alpha value is -6.58. The van der Waals surface area contributed by atoms with Gasteiger partial charge in [0, 0.05) is 27.6 Å². The number of anilines is 1. The number of fused-ring (bicyclic) bond motifs is 1. The molecular weight excluding hydrogens is 643 g/mol. The highest BCUT2D eigenvalue weighted by atomic mass is 14.7. The van der Waals surface area contributed by atoms with Gasteiger partial charge in [0.05, 0.1) is 28.3 Å². The molecule has 8 rings (SSSR count). The van der Waals surface area contributed by atoms with Crippen molar-refractivity contribution in [2.45, 2.75) is 26.2 Å². The van der Waals surface area contributed by atoms with Crippen LogP contribution in [0.4, 0.5) is 5.69 Å². The standard InChI is InChI=1S/C50H41N3/c1-35(13-11-12-16-36-14-5-2-6-15-36)45-31-29-43-30-32-46(53-50(43)49(45)51)41-25-21-38(22-26-41)39-23-27-42(28-24-39)48-34-44(37-17-7-3-8-18-37)33-47(52-48)40-19-9-4-10-20-40/h2-10,13-15,17-34H,11-12,16,51H2,1H3/b35-13-. The fourth-order valence-electron chi connectivity index (χ4n) is 6.99. The molecule has 0 aliphatic carbocycles. The molecule has 53 heavy (non-hydrogen) atoms. The molecule has 8 aromatic rings. The van der Waals surface area contributed by atoms with Crippen molar-refractivity contribution in [1.29, 1.82) is 0 Å². The van der Waals surface area contributed by atoms with Crippen LogP contribution in [0.3, 0.4) is 0 Å². The second-order valence-corrected chi connectivity index (χ2v) is 13.6. The molecule has 0 aliphatic rings. The van der Waals surface area contributed by atoms with Gasteiger partial charge in [-0.1, -0.05) is 164 Å².